The van der Waals surface area contributed by atoms with Crippen LogP contribution in [0.3, 0.4) is 0 Å². The molecule has 1 N–H and O–H groups in total. The Labute approximate surface area is 136 Å². The highest BCUT2D eigenvalue weighted by Crippen LogP contribution is 2.31. The molecule has 1 amide bonds. The molecule has 1 aliphatic rings. The summed E-state index contributed by atoms with van der Waals surface area (Å²) in [6.45, 7) is 5.87. The summed E-state index contributed by atoms with van der Waals surface area (Å²) in [6, 6.07) is 5.31. The van der Waals surface area contributed by atoms with E-state index in [2.05, 4.69) is 13.8 Å². The number of rotatable bonds is 6. The molecule has 0 saturated carbocycles. The van der Waals surface area contributed by atoms with Gasteiger partial charge in [0.2, 0.25) is 0 Å². The fraction of sp³-hybridized carbons (Fsp3) is 0.529. The number of likely N-dealkylation sites (tertiary alicyclic amines) is 1. The van der Waals surface area contributed by atoms with E-state index in [4.69, 9.17) is 14.6 Å². The second-order valence-corrected chi connectivity index (χ2v) is 5.76. The third kappa shape index (κ3) is 3.94. The first-order valence-corrected chi connectivity index (χ1v) is 7.88. The molecule has 0 bridgehead atoms. The Morgan fingerprint density at radius 1 is 1.17 bits per heavy atom. The number of carbonyl (C=O) groups is 2. The molecule has 0 radical (unpaired) electrons. The van der Waals surface area contributed by atoms with E-state index in [9.17, 15) is 9.59 Å². The van der Waals surface area contributed by atoms with E-state index in [1.54, 1.807) is 18.2 Å². The summed E-state index contributed by atoms with van der Waals surface area (Å²) in [5.41, 5.74) is 0.525. The SMILES string of the molecule is CCOc1cc(C(=O)N2C(C)CCC2C)ccc1OCC(=O)O. The summed E-state index contributed by atoms with van der Waals surface area (Å²) in [5, 5.41) is 8.71. The number of ether oxygens (including phenoxy) is 2. The molecule has 1 aromatic carbocycles. The molecular weight excluding hydrogens is 298 g/mol. The zero-order valence-corrected chi connectivity index (χ0v) is 13.7. The highest BCUT2D eigenvalue weighted by atomic mass is 16.5. The number of carboxylic acid groups (broad SMARTS) is 1. The molecule has 2 unspecified atom stereocenters. The molecule has 2 rings (SSSR count). The van der Waals surface area contributed by atoms with Gasteiger partial charge in [0.05, 0.1) is 6.61 Å². The molecule has 6 nitrogen and oxygen atoms in total. The summed E-state index contributed by atoms with van der Waals surface area (Å²) in [5.74, 6) is -0.382. The van der Waals surface area contributed by atoms with E-state index in [1.165, 1.54) is 0 Å². The van der Waals surface area contributed by atoms with Crippen molar-refractivity contribution in [3.63, 3.8) is 0 Å². The van der Waals surface area contributed by atoms with Crippen molar-refractivity contribution in [1.82, 2.24) is 4.90 Å². The normalized spacial score (nSPS) is 20.4. The van der Waals surface area contributed by atoms with E-state index >= 15 is 0 Å². The molecule has 0 spiro atoms. The lowest BCUT2D eigenvalue weighted by Gasteiger charge is -2.26. The van der Waals surface area contributed by atoms with Gasteiger partial charge in [0, 0.05) is 17.6 Å². The van der Waals surface area contributed by atoms with Crippen LogP contribution in [0.25, 0.3) is 0 Å². The highest BCUT2D eigenvalue weighted by Gasteiger charge is 2.32. The highest BCUT2D eigenvalue weighted by molar-refractivity contribution is 5.95. The summed E-state index contributed by atoms with van der Waals surface area (Å²) >= 11 is 0. The Kier molecular flexibility index (Phi) is 5.47. The van der Waals surface area contributed by atoms with Crippen LogP contribution in [0, 0.1) is 0 Å². The lowest BCUT2D eigenvalue weighted by Crippen LogP contribution is -2.38. The largest absolute Gasteiger partial charge is 0.490 e. The van der Waals surface area contributed by atoms with Crippen molar-refractivity contribution in [3.05, 3.63) is 23.8 Å². The first-order chi connectivity index (χ1) is 10.9. The van der Waals surface area contributed by atoms with Gasteiger partial charge in [-0.1, -0.05) is 0 Å². The molecule has 1 aromatic rings. The van der Waals surface area contributed by atoms with Gasteiger partial charge >= 0.3 is 5.97 Å². The number of carboxylic acids is 1. The minimum Gasteiger partial charge on any atom is -0.490 e. The third-order valence-corrected chi connectivity index (χ3v) is 4.03. The van der Waals surface area contributed by atoms with Crippen molar-refractivity contribution in [2.75, 3.05) is 13.2 Å². The van der Waals surface area contributed by atoms with Crippen LogP contribution < -0.4 is 9.47 Å². The maximum Gasteiger partial charge on any atom is 0.341 e. The monoisotopic (exact) mass is 321 g/mol. The Morgan fingerprint density at radius 2 is 1.83 bits per heavy atom. The van der Waals surface area contributed by atoms with Crippen molar-refractivity contribution in [1.29, 1.82) is 0 Å². The lowest BCUT2D eigenvalue weighted by atomic mass is 10.1. The fourth-order valence-corrected chi connectivity index (χ4v) is 2.91. The lowest BCUT2D eigenvalue weighted by molar-refractivity contribution is -0.139. The Hall–Kier alpha value is -2.24. The van der Waals surface area contributed by atoms with Crippen LogP contribution >= 0.6 is 0 Å². The minimum atomic E-state index is -1.06. The molecular formula is C17H23NO5. The van der Waals surface area contributed by atoms with E-state index in [0.717, 1.165) is 12.8 Å². The number of hydrogen-bond acceptors (Lipinski definition) is 4. The smallest absolute Gasteiger partial charge is 0.341 e. The van der Waals surface area contributed by atoms with Crippen LogP contribution in [-0.2, 0) is 4.79 Å². The predicted molar refractivity (Wildman–Crippen MR) is 85.1 cm³/mol. The topological polar surface area (TPSA) is 76.1 Å². The first-order valence-electron chi connectivity index (χ1n) is 7.88. The van der Waals surface area contributed by atoms with Crippen LogP contribution in [0.5, 0.6) is 11.5 Å². The molecule has 126 valence electrons. The van der Waals surface area contributed by atoms with E-state index in [0.29, 0.717) is 23.7 Å². The first kappa shape index (κ1) is 17.1. The summed E-state index contributed by atoms with van der Waals surface area (Å²) in [4.78, 5) is 25.3. The molecule has 0 aliphatic carbocycles. The molecule has 2 atom stereocenters. The number of carbonyl (C=O) groups excluding carboxylic acids is 1. The third-order valence-electron chi connectivity index (χ3n) is 4.03. The Balaban J connectivity index is 2.24. The summed E-state index contributed by atoms with van der Waals surface area (Å²) in [6.07, 6.45) is 2.01. The maximum atomic E-state index is 12.7. The fourth-order valence-electron chi connectivity index (χ4n) is 2.91. The second-order valence-electron chi connectivity index (χ2n) is 5.76. The maximum absolute atomic E-state index is 12.7. The molecule has 1 saturated heterocycles. The van der Waals surface area contributed by atoms with Crippen LogP contribution in [0.15, 0.2) is 18.2 Å². The quantitative estimate of drug-likeness (QED) is 0.871. The van der Waals surface area contributed by atoms with Crippen LogP contribution in [0.2, 0.25) is 0 Å². The Morgan fingerprint density at radius 3 is 2.39 bits per heavy atom. The average molecular weight is 321 g/mol. The standard InChI is InChI=1S/C17H23NO5/c1-4-22-15-9-13(7-8-14(15)23-10-16(19)20)17(21)18-11(2)5-6-12(18)3/h7-9,11-12H,4-6,10H2,1-3H3,(H,19,20). The second kappa shape index (κ2) is 7.35. The molecule has 1 aliphatic heterocycles. The van der Waals surface area contributed by atoms with Crippen molar-refractivity contribution in [2.24, 2.45) is 0 Å². The number of aliphatic carboxylic acids is 1. The predicted octanol–water partition coefficient (Wildman–Crippen LogP) is 2.56. The van der Waals surface area contributed by atoms with Crippen LogP contribution in [-0.4, -0.2) is 47.2 Å². The van der Waals surface area contributed by atoms with Crippen molar-refractivity contribution in [2.45, 2.75) is 45.7 Å². The minimum absolute atomic E-state index is 0.0340. The number of nitrogens with zero attached hydrogens (tertiary/aromatic N) is 1. The van der Waals surface area contributed by atoms with Crippen LogP contribution in [0.4, 0.5) is 0 Å². The molecule has 0 aromatic heterocycles. The Bertz CT molecular complexity index is 576. The van der Waals surface area contributed by atoms with E-state index in [-0.39, 0.29) is 18.0 Å². The molecule has 1 heterocycles. The molecule has 6 heteroatoms. The van der Waals surface area contributed by atoms with Crippen molar-refractivity contribution >= 4 is 11.9 Å². The van der Waals surface area contributed by atoms with Gasteiger partial charge in [-0.05, 0) is 51.8 Å². The van der Waals surface area contributed by atoms with Gasteiger partial charge in [-0.25, -0.2) is 4.79 Å². The summed E-state index contributed by atoms with van der Waals surface area (Å²) < 4.78 is 10.7. The zero-order valence-electron chi connectivity index (χ0n) is 13.7. The van der Waals surface area contributed by atoms with Crippen molar-refractivity contribution in [3.8, 4) is 11.5 Å². The average Bonchev–Trinajstić information content (AvgIpc) is 2.84. The van der Waals surface area contributed by atoms with E-state index in [1.807, 2.05) is 11.8 Å². The van der Waals surface area contributed by atoms with Gasteiger partial charge in [-0.15, -0.1) is 0 Å². The number of benzene rings is 1. The van der Waals surface area contributed by atoms with E-state index < -0.39 is 12.6 Å². The van der Waals surface area contributed by atoms with Gasteiger partial charge in [-0.2, -0.15) is 0 Å². The van der Waals surface area contributed by atoms with Gasteiger partial charge < -0.3 is 19.5 Å². The van der Waals surface area contributed by atoms with Crippen LogP contribution in [0.1, 0.15) is 44.0 Å². The molecule has 1 fully saturated rings. The zero-order chi connectivity index (χ0) is 17.0. The van der Waals surface area contributed by atoms with Gasteiger partial charge in [-0.3, -0.25) is 4.79 Å². The van der Waals surface area contributed by atoms with Gasteiger partial charge in [0.15, 0.2) is 18.1 Å². The molecule has 23 heavy (non-hydrogen) atoms. The van der Waals surface area contributed by atoms with Gasteiger partial charge in [0.1, 0.15) is 0 Å². The van der Waals surface area contributed by atoms with Crippen molar-refractivity contribution < 1.29 is 24.2 Å². The number of hydrogen-bond donors (Lipinski definition) is 1. The number of amides is 1. The van der Waals surface area contributed by atoms with Gasteiger partial charge in [0.25, 0.3) is 5.91 Å². The summed E-state index contributed by atoms with van der Waals surface area (Å²) in [7, 11) is 0.